The third-order valence-electron chi connectivity index (χ3n) is 5.18. The fourth-order valence-corrected chi connectivity index (χ4v) is 3.89. The van der Waals surface area contributed by atoms with E-state index < -0.39 is 0 Å². The number of benzene rings is 1. The van der Waals surface area contributed by atoms with Gasteiger partial charge in [-0.25, -0.2) is 0 Å². The Hall–Kier alpha value is -0.900. The van der Waals surface area contributed by atoms with Crippen molar-refractivity contribution in [2.45, 2.75) is 25.3 Å². The summed E-state index contributed by atoms with van der Waals surface area (Å²) in [5.74, 6) is 0.829. The summed E-state index contributed by atoms with van der Waals surface area (Å²) in [5, 5.41) is 0. The summed E-state index contributed by atoms with van der Waals surface area (Å²) in [6.45, 7) is 5.67. The number of ether oxygens (including phenoxy) is 1. The molecule has 1 aliphatic heterocycles. The molecular formula is C18H28N2O. The van der Waals surface area contributed by atoms with E-state index in [4.69, 9.17) is 4.74 Å². The molecule has 3 rings (SSSR count). The van der Waals surface area contributed by atoms with Gasteiger partial charge in [-0.15, -0.1) is 0 Å². The normalized spacial score (nSPS) is 23.1. The highest BCUT2D eigenvalue weighted by molar-refractivity contribution is 5.33. The minimum absolute atomic E-state index is 0.704. The average Bonchev–Trinajstić information content (AvgIpc) is 3.11. The van der Waals surface area contributed by atoms with E-state index in [2.05, 4.69) is 41.1 Å². The smallest absolute Gasteiger partial charge is 0.0589 e. The van der Waals surface area contributed by atoms with Crippen molar-refractivity contribution in [3.8, 4) is 0 Å². The molecule has 2 aliphatic rings. The highest BCUT2D eigenvalue weighted by Gasteiger charge is 2.28. The fraction of sp³-hybridized carbons (Fsp3) is 0.667. The Morgan fingerprint density at radius 3 is 2.62 bits per heavy atom. The minimum atomic E-state index is 0.704. The number of rotatable bonds is 6. The van der Waals surface area contributed by atoms with Gasteiger partial charge in [0.15, 0.2) is 0 Å². The molecule has 1 aromatic rings. The predicted octanol–water partition coefficient (Wildman–Crippen LogP) is 2.05. The maximum atomic E-state index is 5.19. The molecule has 1 fully saturated rings. The number of hydrogen-bond acceptors (Lipinski definition) is 3. The van der Waals surface area contributed by atoms with Gasteiger partial charge in [0.25, 0.3) is 0 Å². The summed E-state index contributed by atoms with van der Waals surface area (Å²) < 4.78 is 5.19. The molecule has 1 heterocycles. The second-order valence-corrected chi connectivity index (χ2v) is 6.72. The van der Waals surface area contributed by atoms with E-state index in [1.807, 2.05) is 0 Å². The standard InChI is InChI=1S/C18H28N2O/c1-19(13-15-7-8-20(14-15)9-10-21-2)18-11-16-5-3-4-6-17(16)12-18/h3-6,15,18H,7-14H2,1-2H3/t15-/m0/s1. The lowest BCUT2D eigenvalue weighted by molar-refractivity contribution is 0.154. The Labute approximate surface area is 128 Å². The van der Waals surface area contributed by atoms with E-state index in [-0.39, 0.29) is 0 Å². The third-order valence-corrected chi connectivity index (χ3v) is 5.18. The summed E-state index contributed by atoms with van der Waals surface area (Å²) in [7, 11) is 4.10. The van der Waals surface area contributed by atoms with Crippen molar-refractivity contribution >= 4 is 0 Å². The van der Waals surface area contributed by atoms with Crippen LogP contribution in [0.25, 0.3) is 0 Å². The molecule has 0 N–H and O–H groups in total. The Kier molecular flexibility index (Phi) is 4.94. The molecule has 0 amide bonds. The molecule has 1 aromatic carbocycles. The monoisotopic (exact) mass is 288 g/mol. The van der Waals surface area contributed by atoms with Gasteiger partial charge >= 0.3 is 0 Å². The van der Waals surface area contributed by atoms with Crippen LogP contribution in [0.2, 0.25) is 0 Å². The molecule has 1 atom stereocenters. The zero-order valence-electron chi connectivity index (χ0n) is 13.4. The van der Waals surface area contributed by atoms with Gasteiger partial charge in [0, 0.05) is 32.8 Å². The van der Waals surface area contributed by atoms with Gasteiger partial charge in [0.05, 0.1) is 6.61 Å². The Balaban J connectivity index is 1.46. The van der Waals surface area contributed by atoms with Crippen LogP contribution in [-0.2, 0) is 17.6 Å². The molecule has 21 heavy (non-hydrogen) atoms. The zero-order chi connectivity index (χ0) is 14.7. The van der Waals surface area contributed by atoms with E-state index in [0.717, 1.165) is 19.1 Å². The molecule has 0 bridgehead atoms. The maximum Gasteiger partial charge on any atom is 0.0589 e. The topological polar surface area (TPSA) is 15.7 Å². The maximum absolute atomic E-state index is 5.19. The summed E-state index contributed by atoms with van der Waals surface area (Å²) in [5.41, 5.74) is 3.12. The molecule has 116 valence electrons. The van der Waals surface area contributed by atoms with Crippen LogP contribution in [0, 0.1) is 5.92 Å². The van der Waals surface area contributed by atoms with Crippen LogP contribution in [0.5, 0.6) is 0 Å². The highest BCUT2D eigenvalue weighted by Crippen LogP contribution is 2.26. The molecule has 3 nitrogen and oxygen atoms in total. The molecule has 0 aromatic heterocycles. The Morgan fingerprint density at radius 1 is 1.24 bits per heavy atom. The first-order chi connectivity index (χ1) is 10.3. The molecule has 0 unspecified atom stereocenters. The van der Waals surface area contributed by atoms with E-state index in [0.29, 0.717) is 6.04 Å². The molecule has 0 spiro atoms. The van der Waals surface area contributed by atoms with Crippen molar-refractivity contribution in [2.24, 2.45) is 5.92 Å². The average molecular weight is 288 g/mol. The number of likely N-dealkylation sites (tertiary alicyclic amines) is 1. The summed E-state index contributed by atoms with van der Waals surface area (Å²) in [6, 6.07) is 9.64. The van der Waals surface area contributed by atoms with Crippen LogP contribution in [0.1, 0.15) is 17.5 Å². The lowest BCUT2D eigenvalue weighted by Crippen LogP contribution is -2.37. The predicted molar refractivity (Wildman–Crippen MR) is 86.7 cm³/mol. The Bertz CT molecular complexity index is 437. The molecular weight excluding hydrogens is 260 g/mol. The summed E-state index contributed by atoms with van der Waals surface area (Å²) in [4.78, 5) is 5.15. The molecule has 0 radical (unpaired) electrons. The SMILES string of the molecule is COCCN1CC[C@@H](CN(C)C2Cc3ccccc3C2)C1. The lowest BCUT2D eigenvalue weighted by atomic mass is 10.1. The summed E-state index contributed by atoms with van der Waals surface area (Å²) >= 11 is 0. The minimum Gasteiger partial charge on any atom is -0.383 e. The van der Waals surface area contributed by atoms with Crippen molar-refractivity contribution in [3.63, 3.8) is 0 Å². The van der Waals surface area contributed by atoms with Gasteiger partial charge in [-0.1, -0.05) is 24.3 Å². The van der Waals surface area contributed by atoms with E-state index in [1.165, 1.54) is 38.9 Å². The third kappa shape index (κ3) is 3.65. The van der Waals surface area contributed by atoms with Gasteiger partial charge in [-0.2, -0.15) is 0 Å². The van der Waals surface area contributed by atoms with E-state index in [9.17, 15) is 0 Å². The van der Waals surface area contributed by atoms with Gasteiger partial charge in [-0.3, -0.25) is 0 Å². The number of nitrogens with zero attached hydrogens (tertiary/aromatic N) is 2. The molecule has 0 saturated carbocycles. The van der Waals surface area contributed by atoms with Crippen LogP contribution in [0.3, 0.4) is 0 Å². The first-order valence-corrected chi connectivity index (χ1v) is 8.24. The number of fused-ring (bicyclic) bond motifs is 1. The van der Waals surface area contributed by atoms with Crippen molar-refractivity contribution in [3.05, 3.63) is 35.4 Å². The zero-order valence-corrected chi connectivity index (χ0v) is 13.4. The van der Waals surface area contributed by atoms with Crippen LogP contribution in [0.4, 0.5) is 0 Å². The van der Waals surface area contributed by atoms with E-state index >= 15 is 0 Å². The molecule has 1 aliphatic carbocycles. The molecule has 1 saturated heterocycles. The number of hydrogen-bond donors (Lipinski definition) is 0. The second-order valence-electron chi connectivity index (χ2n) is 6.72. The molecule has 3 heteroatoms. The summed E-state index contributed by atoms with van der Waals surface area (Å²) in [6.07, 6.45) is 3.80. The quantitative estimate of drug-likeness (QED) is 0.797. The van der Waals surface area contributed by atoms with E-state index in [1.54, 1.807) is 18.2 Å². The van der Waals surface area contributed by atoms with Crippen molar-refractivity contribution in [1.29, 1.82) is 0 Å². The van der Waals surface area contributed by atoms with Crippen molar-refractivity contribution in [1.82, 2.24) is 9.80 Å². The van der Waals surface area contributed by atoms with Crippen LogP contribution >= 0.6 is 0 Å². The fourth-order valence-electron chi connectivity index (χ4n) is 3.89. The van der Waals surface area contributed by atoms with Crippen molar-refractivity contribution in [2.75, 3.05) is 46.9 Å². The van der Waals surface area contributed by atoms with Gasteiger partial charge < -0.3 is 14.5 Å². The number of methoxy groups -OCH3 is 1. The van der Waals surface area contributed by atoms with Crippen LogP contribution < -0.4 is 0 Å². The largest absolute Gasteiger partial charge is 0.383 e. The van der Waals surface area contributed by atoms with Crippen LogP contribution in [-0.4, -0.2) is 62.8 Å². The second kappa shape index (κ2) is 6.91. The first-order valence-electron chi connectivity index (χ1n) is 8.24. The van der Waals surface area contributed by atoms with Gasteiger partial charge in [0.1, 0.15) is 0 Å². The number of likely N-dealkylation sites (N-methyl/N-ethyl adjacent to an activating group) is 1. The highest BCUT2D eigenvalue weighted by atomic mass is 16.5. The van der Waals surface area contributed by atoms with Crippen LogP contribution in [0.15, 0.2) is 24.3 Å². The van der Waals surface area contributed by atoms with Gasteiger partial charge in [0.2, 0.25) is 0 Å². The Morgan fingerprint density at radius 2 is 1.95 bits per heavy atom. The lowest BCUT2D eigenvalue weighted by Gasteiger charge is -2.27. The first kappa shape index (κ1) is 15.0. The van der Waals surface area contributed by atoms with Crippen molar-refractivity contribution < 1.29 is 4.74 Å². The van der Waals surface area contributed by atoms with Gasteiger partial charge in [-0.05, 0) is 49.9 Å².